The zero-order valence-electron chi connectivity index (χ0n) is 21.8. The van der Waals surface area contributed by atoms with Gasteiger partial charge in [-0.3, -0.25) is 14.6 Å². The maximum atomic E-state index is 14.9. The second-order valence-corrected chi connectivity index (χ2v) is 10.1. The minimum Gasteiger partial charge on any atom is -0.483 e. The van der Waals surface area contributed by atoms with Gasteiger partial charge in [-0.15, -0.1) is 0 Å². The Labute approximate surface area is 234 Å². The van der Waals surface area contributed by atoms with E-state index in [0.29, 0.717) is 16.9 Å². The first-order valence-electron chi connectivity index (χ1n) is 13.0. The fourth-order valence-electron chi connectivity index (χ4n) is 4.94. The molecule has 1 aliphatic carbocycles. The molecule has 0 radical (unpaired) electrons. The number of halogens is 2. The van der Waals surface area contributed by atoms with Gasteiger partial charge in [0.2, 0.25) is 5.91 Å². The Morgan fingerprint density at radius 2 is 2.02 bits per heavy atom. The summed E-state index contributed by atoms with van der Waals surface area (Å²) in [6.07, 6.45) is 2.09. The van der Waals surface area contributed by atoms with Crippen LogP contribution in [0.15, 0.2) is 61.1 Å². The summed E-state index contributed by atoms with van der Waals surface area (Å²) in [7, 11) is 0. The zero-order valence-corrected chi connectivity index (χ0v) is 21.8. The van der Waals surface area contributed by atoms with Crippen LogP contribution in [0.1, 0.15) is 29.9 Å². The van der Waals surface area contributed by atoms with E-state index in [1.807, 2.05) is 18.2 Å². The van der Waals surface area contributed by atoms with Crippen LogP contribution in [0.25, 0.3) is 11.1 Å². The van der Waals surface area contributed by atoms with Crippen LogP contribution < -0.4 is 10.1 Å². The molecule has 41 heavy (non-hydrogen) atoms. The average Bonchev–Trinajstić information content (AvgIpc) is 3.79. The summed E-state index contributed by atoms with van der Waals surface area (Å²) in [6.45, 7) is -1.95. The molecule has 1 aliphatic heterocycles. The van der Waals surface area contributed by atoms with Crippen LogP contribution in [0.5, 0.6) is 5.75 Å². The average molecular weight is 564 g/mol. The number of ether oxygens (including phenoxy) is 1. The van der Waals surface area contributed by atoms with Crippen LogP contribution in [0.3, 0.4) is 0 Å². The molecule has 1 aromatic carbocycles. The van der Waals surface area contributed by atoms with Gasteiger partial charge in [-0.25, -0.2) is 13.8 Å². The predicted octanol–water partition coefficient (Wildman–Crippen LogP) is 2.73. The molecule has 4 atom stereocenters. The van der Waals surface area contributed by atoms with Crippen molar-refractivity contribution in [3.05, 3.63) is 72.2 Å². The molecule has 2 aliphatic rings. The van der Waals surface area contributed by atoms with Crippen LogP contribution in [0.4, 0.5) is 14.6 Å². The molecule has 1 saturated carbocycles. The Kier molecular flexibility index (Phi) is 7.92. The molecule has 5 rings (SSSR count). The van der Waals surface area contributed by atoms with E-state index in [0.717, 1.165) is 16.9 Å². The molecule has 1 saturated heterocycles. The molecule has 12 heteroatoms. The topological polar surface area (TPSA) is 149 Å². The molecule has 2 aromatic heterocycles. The summed E-state index contributed by atoms with van der Waals surface area (Å²) in [6, 6.07) is 13.7. The number of hydrogen-bond acceptors (Lipinski definition) is 8. The predicted molar refractivity (Wildman–Crippen MR) is 142 cm³/mol. The number of benzene rings is 1. The first-order chi connectivity index (χ1) is 19.7. The molecule has 3 heterocycles. The molecule has 0 spiro atoms. The third-order valence-electron chi connectivity index (χ3n) is 7.26. The molecule has 2 unspecified atom stereocenters. The summed E-state index contributed by atoms with van der Waals surface area (Å²) in [5, 5.41) is 31.0. The number of nitriles is 1. The molecule has 3 aromatic rings. The molecular weight excluding hydrogens is 536 g/mol. The zero-order chi connectivity index (χ0) is 29.1. The van der Waals surface area contributed by atoms with Crippen molar-refractivity contribution in [3.8, 4) is 22.9 Å². The third kappa shape index (κ3) is 6.16. The van der Waals surface area contributed by atoms with Crippen LogP contribution >= 0.6 is 0 Å². The van der Waals surface area contributed by atoms with E-state index in [1.54, 1.807) is 30.6 Å². The largest absolute Gasteiger partial charge is 0.483 e. The first kappa shape index (κ1) is 28.1. The van der Waals surface area contributed by atoms with Gasteiger partial charge in [-0.1, -0.05) is 12.1 Å². The lowest BCUT2D eigenvalue weighted by Crippen LogP contribution is -2.57. The quantitative estimate of drug-likeness (QED) is 0.379. The minimum absolute atomic E-state index is 0.0335. The van der Waals surface area contributed by atoms with Gasteiger partial charge in [0.05, 0.1) is 18.7 Å². The molecule has 2 amide bonds. The number of nitrogens with one attached hydrogen (secondary N) is 1. The van der Waals surface area contributed by atoms with E-state index in [-0.39, 0.29) is 42.0 Å². The monoisotopic (exact) mass is 563 g/mol. The summed E-state index contributed by atoms with van der Waals surface area (Å²) in [4.78, 5) is 33.9. The number of rotatable bonds is 8. The second kappa shape index (κ2) is 11.6. The summed E-state index contributed by atoms with van der Waals surface area (Å²) < 4.78 is 35.3. The van der Waals surface area contributed by atoms with E-state index >= 15 is 0 Å². The highest BCUT2D eigenvalue weighted by Gasteiger charge is 2.48. The second-order valence-electron chi connectivity index (χ2n) is 10.1. The number of hydrogen-bond donors (Lipinski definition) is 3. The van der Waals surface area contributed by atoms with Gasteiger partial charge in [-0.2, -0.15) is 5.26 Å². The summed E-state index contributed by atoms with van der Waals surface area (Å²) in [5.41, 5.74) is 2.29. The Morgan fingerprint density at radius 1 is 1.22 bits per heavy atom. The fraction of sp³-hybridized carbons (Fsp3) is 0.345. The Balaban J connectivity index is 1.25. The van der Waals surface area contributed by atoms with Crippen molar-refractivity contribution in [1.29, 1.82) is 5.26 Å². The normalized spacial score (nSPS) is 21.8. The van der Waals surface area contributed by atoms with Gasteiger partial charge in [0.25, 0.3) is 5.91 Å². The molecule has 212 valence electrons. The molecule has 2 fully saturated rings. The van der Waals surface area contributed by atoms with Crippen molar-refractivity contribution in [1.82, 2.24) is 14.9 Å². The number of alkyl halides is 2. The minimum atomic E-state index is -3.45. The number of piperidine rings is 1. The van der Waals surface area contributed by atoms with Crippen molar-refractivity contribution in [2.75, 3.05) is 25.0 Å². The lowest BCUT2D eigenvalue weighted by molar-refractivity contribution is -0.167. The van der Waals surface area contributed by atoms with Crippen molar-refractivity contribution >= 4 is 17.6 Å². The summed E-state index contributed by atoms with van der Waals surface area (Å²) in [5.74, 6) is -4.33. The molecule has 0 bridgehead atoms. The van der Waals surface area contributed by atoms with Crippen molar-refractivity contribution < 1.29 is 33.3 Å². The highest BCUT2D eigenvalue weighted by atomic mass is 19.3. The highest BCUT2D eigenvalue weighted by Crippen LogP contribution is 2.47. The number of anilines is 1. The molecule has 10 nitrogen and oxygen atoms in total. The third-order valence-corrected chi connectivity index (χ3v) is 7.26. The maximum Gasteiger partial charge on any atom is 0.301 e. The van der Waals surface area contributed by atoms with Crippen molar-refractivity contribution in [2.45, 2.75) is 36.9 Å². The van der Waals surface area contributed by atoms with Gasteiger partial charge >= 0.3 is 5.92 Å². The molecule has 3 N–H and O–H groups in total. The van der Waals surface area contributed by atoms with Crippen molar-refractivity contribution in [3.63, 3.8) is 0 Å². The maximum absolute atomic E-state index is 14.9. The van der Waals surface area contributed by atoms with Gasteiger partial charge < -0.3 is 25.2 Å². The molecular formula is C29H27F2N5O5. The number of aliphatic hydroxyl groups excluding tert-OH is 2. The number of amides is 2. The number of aliphatic hydroxyl groups is 2. The lowest BCUT2D eigenvalue weighted by Gasteiger charge is -2.38. The van der Waals surface area contributed by atoms with Gasteiger partial charge in [0, 0.05) is 37.5 Å². The van der Waals surface area contributed by atoms with Crippen molar-refractivity contribution in [2.24, 2.45) is 5.92 Å². The van der Waals surface area contributed by atoms with E-state index in [4.69, 9.17) is 9.84 Å². The van der Waals surface area contributed by atoms with E-state index < -0.39 is 37.2 Å². The Hall–Kier alpha value is -4.47. The number of pyridine rings is 2. The Morgan fingerprint density at radius 3 is 2.73 bits per heavy atom. The number of aromatic nitrogens is 2. The van der Waals surface area contributed by atoms with E-state index in [9.17, 15) is 28.7 Å². The smallest absolute Gasteiger partial charge is 0.301 e. The summed E-state index contributed by atoms with van der Waals surface area (Å²) >= 11 is 0. The van der Waals surface area contributed by atoms with Gasteiger partial charge in [0.15, 0.2) is 12.2 Å². The fourth-order valence-corrected chi connectivity index (χ4v) is 4.94. The van der Waals surface area contributed by atoms with Crippen LogP contribution in [0, 0.1) is 17.2 Å². The van der Waals surface area contributed by atoms with Crippen LogP contribution in [-0.4, -0.2) is 74.7 Å². The highest BCUT2D eigenvalue weighted by molar-refractivity contribution is 5.95. The number of carbonyl (C=O) groups excluding carboxylic acids is 2. The van der Waals surface area contributed by atoms with E-state index in [2.05, 4.69) is 15.3 Å². The van der Waals surface area contributed by atoms with Gasteiger partial charge in [-0.05, 0) is 59.4 Å². The van der Waals surface area contributed by atoms with Gasteiger partial charge in [0.1, 0.15) is 17.6 Å². The van der Waals surface area contributed by atoms with E-state index in [1.165, 1.54) is 18.3 Å². The van der Waals surface area contributed by atoms with Crippen LogP contribution in [-0.2, 0) is 9.59 Å². The number of likely N-dealkylation sites (tertiary alicyclic amines) is 1. The standard InChI is InChI=1S/C29H27F2N5O5/c30-29(31)16-36(28(40)23(38)15-37)9-6-25(29)41-24-4-3-17(10-20(24)13-32)18-5-8-34-26(11-18)35-27(39)22-12-21(22)19-2-1-7-33-14-19/h1-5,7-8,10-11,14,21-23,25,37-38H,6,9,12,15-16H2,(H,34,35,39)/t21?,22?,23-,25-/m0/s1. The SMILES string of the molecule is N#Cc1cc(-c2ccnc(NC(=O)C3CC3c3cccnc3)c2)ccc1O[C@H]1CCN(C(=O)[C@@H](O)CO)CC1(F)F. The Bertz CT molecular complexity index is 1480. The number of carbonyl (C=O) groups is 2. The number of nitrogens with zero attached hydrogens (tertiary/aromatic N) is 4. The van der Waals surface area contributed by atoms with Crippen LogP contribution in [0.2, 0.25) is 0 Å². The first-order valence-corrected chi connectivity index (χ1v) is 13.0. The lowest BCUT2D eigenvalue weighted by atomic mass is 10.0.